The van der Waals surface area contributed by atoms with Crippen LogP contribution in [0.15, 0.2) is 0 Å². The average Bonchev–Trinajstić information content (AvgIpc) is 2.88. The summed E-state index contributed by atoms with van der Waals surface area (Å²) in [5.74, 6) is 1.85. The molecule has 0 aromatic carbocycles. The number of ether oxygens (including phenoxy) is 1. The van der Waals surface area contributed by atoms with Crippen LogP contribution in [-0.2, 0) is 4.74 Å². The van der Waals surface area contributed by atoms with E-state index in [1.54, 1.807) is 7.11 Å². The van der Waals surface area contributed by atoms with E-state index in [-0.39, 0.29) is 0 Å². The Labute approximate surface area is 101 Å². The van der Waals surface area contributed by atoms with Gasteiger partial charge in [-0.1, -0.05) is 20.8 Å². The van der Waals surface area contributed by atoms with E-state index in [1.165, 1.54) is 13.0 Å². The first-order valence-corrected chi connectivity index (χ1v) is 6.47. The second-order valence-corrected chi connectivity index (χ2v) is 5.58. The van der Waals surface area contributed by atoms with E-state index < -0.39 is 0 Å². The van der Waals surface area contributed by atoms with Gasteiger partial charge in [0.15, 0.2) is 0 Å². The Kier molecular flexibility index (Phi) is 5.73. The van der Waals surface area contributed by atoms with Crippen molar-refractivity contribution in [3.05, 3.63) is 0 Å². The fourth-order valence-corrected chi connectivity index (χ4v) is 2.08. The molecule has 3 nitrogen and oxygen atoms in total. The summed E-state index contributed by atoms with van der Waals surface area (Å²) >= 11 is 0. The van der Waals surface area contributed by atoms with Crippen molar-refractivity contribution in [2.45, 2.75) is 39.3 Å². The van der Waals surface area contributed by atoms with Crippen LogP contribution >= 0.6 is 0 Å². The van der Waals surface area contributed by atoms with Crippen LogP contribution in [0, 0.1) is 11.8 Å². The highest BCUT2D eigenvalue weighted by Crippen LogP contribution is 2.38. The van der Waals surface area contributed by atoms with Crippen molar-refractivity contribution in [3.8, 4) is 0 Å². The topological polar surface area (TPSA) is 24.5 Å². The predicted molar refractivity (Wildman–Crippen MR) is 68.7 cm³/mol. The van der Waals surface area contributed by atoms with E-state index >= 15 is 0 Å². The quantitative estimate of drug-likeness (QED) is 0.683. The van der Waals surface area contributed by atoms with Gasteiger partial charge in [0, 0.05) is 32.3 Å². The van der Waals surface area contributed by atoms with Crippen LogP contribution in [0.2, 0.25) is 0 Å². The fourth-order valence-electron chi connectivity index (χ4n) is 2.08. The van der Waals surface area contributed by atoms with Gasteiger partial charge in [-0.05, 0) is 25.3 Å². The zero-order valence-electron chi connectivity index (χ0n) is 11.5. The molecule has 3 heteroatoms. The highest BCUT2D eigenvalue weighted by Gasteiger charge is 2.34. The second-order valence-electron chi connectivity index (χ2n) is 5.58. The van der Waals surface area contributed by atoms with Crippen molar-refractivity contribution >= 4 is 0 Å². The first kappa shape index (κ1) is 13.9. The molecule has 1 aliphatic carbocycles. The summed E-state index contributed by atoms with van der Waals surface area (Å²) < 4.78 is 5.30. The van der Waals surface area contributed by atoms with Crippen LogP contribution in [0.25, 0.3) is 0 Å². The molecule has 1 aliphatic rings. The van der Waals surface area contributed by atoms with E-state index in [0.717, 1.165) is 25.0 Å². The molecular formula is C13H28N2O. The minimum absolute atomic E-state index is 0.500. The molecule has 96 valence electrons. The maximum atomic E-state index is 5.30. The van der Waals surface area contributed by atoms with Gasteiger partial charge in [0.1, 0.15) is 0 Å². The maximum absolute atomic E-state index is 5.30. The van der Waals surface area contributed by atoms with Crippen LogP contribution in [0.4, 0.5) is 0 Å². The van der Waals surface area contributed by atoms with Gasteiger partial charge < -0.3 is 10.1 Å². The summed E-state index contributed by atoms with van der Waals surface area (Å²) in [5.41, 5.74) is 0. The molecule has 1 N–H and O–H groups in total. The van der Waals surface area contributed by atoms with Gasteiger partial charge in [0.05, 0.1) is 6.61 Å². The highest BCUT2D eigenvalue weighted by molar-refractivity contribution is 4.86. The third kappa shape index (κ3) is 4.81. The number of methoxy groups -OCH3 is 1. The molecule has 0 radical (unpaired) electrons. The van der Waals surface area contributed by atoms with Crippen LogP contribution in [-0.4, -0.2) is 50.8 Å². The van der Waals surface area contributed by atoms with Crippen LogP contribution < -0.4 is 5.32 Å². The molecule has 0 aliphatic heterocycles. The summed E-state index contributed by atoms with van der Waals surface area (Å²) in [7, 11) is 4.01. The summed E-state index contributed by atoms with van der Waals surface area (Å²) in [6.45, 7) is 9.77. The second kappa shape index (κ2) is 6.58. The number of rotatable bonds is 8. The zero-order chi connectivity index (χ0) is 12.1. The Balaban J connectivity index is 2.29. The Bertz CT molecular complexity index is 196. The molecule has 0 saturated heterocycles. The normalized spacial score (nSPS) is 26.4. The fraction of sp³-hybridized carbons (Fsp3) is 1.00. The lowest BCUT2D eigenvalue weighted by Crippen LogP contribution is -2.45. The van der Waals surface area contributed by atoms with Gasteiger partial charge in [-0.15, -0.1) is 0 Å². The molecule has 16 heavy (non-hydrogen) atoms. The van der Waals surface area contributed by atoms with E-state index in [4.69, 9.17) is 4.74 Å². The Morgan fingerprint density at radius 1 is 1.44 bits per heavy atom. The van der Waals surface area contributed by atoms with E-state index in [2.05, 4.69) is 38.0 Å². The highest BCUT2D eigenvalue weighted by atomic mass is 16.5. The van der Waals surface area contributed by atoms with Gasteiger partial charge in [-0.2, -0.15) is 0 Å². The molecule has 0 aromatic heterocycles. The van der Waals surface area contributed by atoms with E-state index in [9.17, 15) is 0 Å². The third-order valence-corrected chi connectivity index (χ3v) is 3.54. The molecule has 0 amide bonds. The Morgan fingerprint density at radius 2 is 2.06 bits per heavy atom. The molecule has 3 unspecified atom stereocenters. The number of hydrogen-bond donors (Lipinski definition) is 1. The van der Waals surface area contributed by atoms with Gasteiger partial charge in [0.25, 0.3) is 0 Å². The molecule has 0 heterocycles. The maximum Gasteiger partial charge on any atom is 0.0630 e. The number of hydrogen-bond acceptors (Lipinski definition) is 3. The van der Waals surface area contributed by atoms with Crippen molar-refractivity contribution < 1.29 is 4.74 Å². The SMILES string of the molecule is COCC(CNC(C)C)N(C)CC1CC1C. The van der Waals surface area contributed by atoms with Crippen molar-refractivity contribution in [1.82, 2.24) is 10.2 Å². The van der Waals surface area contributed by atoms with Gasteiger partial charge in [-0.3, -0.25) is 4.90 Å². The first-order chi connectivity index (χ1) is 7.54. The Hall–Kier alpha value is -0.120. The third-order valence-electron chi connectivity index (χ3n) is 3.54. The lowest BCUT2D eigenvalue weighted by molar-refractivity contribution is 0.101. The summed E-state index contributed by atoms with van der Waals surface area (Å²) in [4.78, 5) is 2.45. The predicted octanol–water partition coefficient (Wildman–Crippen LogP) is 1.59. The monoisotopic (exact) mass is 228 g/mol. The van der Waals surface area contributed by atoms with Crippen molar-refractivity contribution in [1.29, 1.82) is 0 Å². The summed E-state index contributed by atoms with van der Waals surface area (Å²) in [5, 5.41) is 3.49. The number of nitrogens with zero attached hydrogens (tertiary/aromatic N) is 1. The van der Waals surface area contributed by atoms with Crippen LogP contribution in [0.5, 0.6) is 0 Å². The number of nitrogens with one attached hydrogen (secondary N) is 1. The van der Waals surface area contributed by atoms with Gasteiger partial charge in [-0.25, -0.2) is 0 Å². The number of likely N-dealkylation sites (N-methyl/N-ethyl adjacent to an activating group) is 1. The van der Waals surface area contributed by atoms with Crippen molar-refractivity contribution in [2.24, 2.45) is 11.8 Å². The van der Waals surface area contributed by atoms with E-state index in [1.807, 2.05) is 0 Å². The zero-order valence-corrected chi connectivity index (χ0v) is 11.5. The van der Waals surface area contributed by atoms with Gasteiger partial charge >= 0.3 is 0 Å². The summed E-state index contributed by atoms with van der Waals surface area (Å²) in [6.07, 6.45) is 1.40. The largest absolute Gasteiger partial charge is 0.383 e. The van der Waals surface area contributed by atoms with Crippen LogP contribution in [0.3, 0.4) is 0 Å². The minimum atomic E-state index is 0.500. The van der Waals surface area contributed by atoms with E-state index in [0.29, 0.717) is 12.1 Å². The smallest absolute Gasteiger partial charge is 0.0630 e. The lowest BCUT2D eigenvalue weighted by atomic mass is 10.2. The molecule has 3 atom stereocenters. The molecule has 1 fully saturated rings. The molecular weight excluding hydrogens is 200 g/mol. The van der Waals surface area contributed by atoms with Crippen molar-refractivity contribution in [3.63, 3.8) is 0 Å². The molecule has 1 rings (SSSR count). The Morgan fingerprint density at radius 3 is 2.50 bits per heavy atom. The minimum Gasteiger partial charge on any atom is -0.383 e. The van der Waals surface area contributed by atoms with Crippen LogP contribution in [0.1, 0.15) is 27.2 Å². The summed E-state index contributed by atoms with van der Waals surface area (Å²) in [6, 6.07) is 1.05. The first-order valence-electron chi connectivity index (χ1n) is 6.47. The molecule has 1 saturated carbocycles. The van der Waals surface area contributed by atoms with Gasteiger partial charge in [0.2, 0.25) is 0 Å². The van der Waals surface area contributed by atoms with Crippen molar-refractivity contribution in [2.75, 3.05) is 33.9 Å². The standard InChI is InChI=1S/C13H28N2O/c1-10(2)14-7-13(9-16-5)15(4)8-12-6-11(12)3/h10-14H,6-9H2,1-5H3. The molecule has 0 spiro atoms. The molecule has 0 bridgehead atoms. The average molecular weight is 228 g/mol. The lowest BCUT2D eigenvalue weighted by Gasteiger charge is -2.28. The molecule has 0 aromatic rings.